The van der Waals surface area contributed by atoms with Crippen LogP contribution in [0.15, 0.2) is 40.2 Å². The van der Waals surface area contributed by atoms with Crippen molar-refractivity contribution in [2.75, 3.05) is 18.8 Å². The van der Waals surface area contributed by atoms with Crippen molar-refractivity contribution in [2.24, 2.45) is 0 Å². The second-order valence-electron chi connectivity index (χ2n) is 7.07. The van der Waals surface area contributed by atoms with E-state index in [-0.39, 0.29) is 17.4 Å². The summed E-state index contributed by atoms with van der Waals surface area (Å²) >= 11 is 1.57. The minimum absolute atomic E-state index is 0.0171. The zero-order chi connectivity index (χ0) is 20.5. The Morgan fingerprint density at radius 1 is 1.41 bits per heavy atom. The van der Waals surface area contributed by atoms with Crippen molar-refractivity contribution in [3.05, 3.63) is 62.9 Å². The Morgan fingerprint density at radius 3 is 2.90 bits per heavy atom. The molecule has 0 radical (unpaired) electrons. The second-order valence-corrected chi connectivity index (χ2v) is 8.01. The van der Waals surface area contributed by atoms with Crippen molar-refractivity contribution in [1.82, 2.24) is 15.0 Å². The average Bonchev–Trinajstić information content (AvgIpc) is 3.41. The summed E-state index contributed by atoms with van der Waals surface area (Å²) in [7, 11) is 0. The van der Waals surface area contributed by atoms with Crippen LogP contribution in [0, 0.1) is 17.0 Å². The highest BCUT2D eigenvalue weighted by atomic mass is 32.1. The van der Waals surface area contributed by atoms with Gasteiger partial charge < -0.3 is 10.3 Å². The molecule has 0 aliphatic carbocycles. The lowest BCUT2D eigenvalue weighted by atomic mass is 9.96. The van der Waals surface area contributed by atoms with E-state index in [0.717, 1.165) is 34.5 Å². The highest BCUT2D eigenvalue weighted by Gasteiger charge is 2.25. The molecule has 8 nitrogen and oxygen atoms in total. The molecule has 0 saturated heterocycles. The van der Waals surface area contributed by atoms with Crippen LogP contribution in [0.2, 0.25) is 0 Å². The molecule has 0 saturated carbocycles. The molecule has 2 aromatic heterocycles. The van der Waals surface area contributed by atoms with E-state index in [4.69, 9.17) is 10.3 Å². The first kappa shape index (κ1) is 19.3. The van der Waals surface area contributed by atoms with E-state index in [0.29, 0.717) is 18.3 Å². The predicted octanol–water partition coefficient (Wildman–Crippen LogP) is 4.45. The Morgan fingerprint density at radius 2 is 2.24 bits per heavy atom. The van der Waals surface area contributed by atoms with Gasteiger partial charge in [-0.1, -0.05) is 17.3 Å². The molecule has 150 valence electrons. The Balaban J connectivity index is 1.50. The molecule has 0 fully saturated rings. The lowest BCUT2D eigenvalue weighted by Gasteiger charge is -2.30. The lowest BCUT2D eigenvalue weighted by Crippen LogP contribution is -2.31. The number of nitrogens with two attached hydrogens (primary N) is 1. The van der Waals surface area contributed by atoms with E-state index in [2.05, 4.69) is 21.1 Å². The number of nitro groups is 1. The van der Waals surface area contributed by atoms with Gasteiger partial charge in [-0.3, -0.25) is 15.0 Å². The van der Waals surface area contributed by atoms with Crippen LogP contribution in [0.4, 0.5) is 11.4 Å². The lowest BCUT2D eigenvalue weighted by molar-refractivity contribution is -0.383. The topological polar surface area (TPSA) is 111 Å². The van der Waals surface area contributed by atoms with Crippen LogP contribution in [0.5, 0.6) is 0 Å². The molecule has 0 unspecified atom stereocenters. The number of anilines is 1. The molecule has 4 rings (SSSR count). The summed E-state index contributed by atoms with van der Waals surface area (Å²) in [5.74, 6) is 1.20. The number of benzene rings is 1. The summed E-state index contributed by atoms with van der Waals surface area (Å²) in [6.07, 6.45) is 2.88. The third-order valence-corrected chi connectivity index (χ3v) is 6.13. The predicted molar refractivity (Wildman–Crippen MR) is 112 cm³/mol. The van der Waals surface area contributed by atoms with Gasteiger partial charge in [0.05, 0.1) is 15.8 Å². The monoisotopic (exact) mass is 411 g/mol. The van der Waals surface area contributed by atoms with E-state index in [9.17, 15) is 10.1 Å². The number of thiophene rings is 1. The second kappa shape index (κ2) is 7.76. The van der Waals surface area contributed by atoms with Gasteiger partial charge in [-0.15, -0.1) is 11.3 Å². The van der Waals surface area contributed by atoms with Crippen molar-refractivity contribution >= 4 is 28.3 Å². The van der Waals surface area contributed by atoms with Crippen LogP contribution < -0.4 is 5.73 Å². The summed E-state index contributed by atoms with van der Waals surface area (Å²) in [5.41, 5.74) is 8.70. The summed E-state index contributed by atoms with van der Waals surface area (Å²) in [6, 6.07) is 7.39. The summed E-state index contributed by atoms with van der Waals surface area (Å²) in [5, 5.41) is 17.3. The number of aromatic nitrogens is 2. The standard InChI is InChI=1S/C20H21N5O3S/c1-12-10-15(11-16(18(12)21)25(26)27)14-5-7-24(8-6-14)13(2)20-22-19(23-28-20)17-4-3-9-29-17/h3-5,9-11,13H,6-8,21H2,1-2H3/t13-/m1/s1. The van der Waals surface area contributed by atoms with E-state index in [1.807, 2.05) is 30.5 Å². The first-order chi connectivity index (χ1) is 13.9. The number of nitrogen functional groups attached to an aromatic ring is 1. The van der Waals surface area contributed by atoms with Gasteiger partial charge >= 0.3 is 0 Å². The van der Waals surface area contributed by atoms with E-state index >= 15 is 0 Å². The maximum atomic E-state index is 11.3. The fourth-order valence-electron chi connectivity index (χ4n) is 3.48. The highest BCUT2D eigenvalue weighted by Crippen LogP contribution is 2.33. The largest absolute Gasteiger partial charge is 0.393 e. The highest BCUT2D eigenvalue weighted by molar-refractivity contribution is 7.13. The number of rotatable bonds is 5. The molecule has 2 N–H and O–H groups in total. The van der Waals surface area contributed by atoms with Crippen molar-refractivity contribution in [2.45, 2.75) is 26.3 Å². The Bertz CT molecular complexity index is 1070. The number of aryl methyl sites for hydroxylation is 1. The van der Waals surface area contributed by atoms with Gasteiger partial charge in [0.25, 0.3) is 5.69 Å². The molecule has 0 spiro atoms. The molecule has 29 heavy (non-hydrogen) atoms. The quantitative estimate of drug-likeness (QED) is 0.375. The van der Waals surface area contributed by atoms with Crippen LogP contribution >= 0.6 is 11.3 Å². The molecule has 0 bridgehead atoms. The van der Waals surface area contributed by atoms with Gasteiger partial charge in [0.15, 0.2) is 0 Å². The zero-order valence-electron chi connectivity index (χ0n) is 16.2. The van der Waals surface area contributed by atoms with Crippen molar-refractivity contribution < 1.29 is 9.45 Å². The molecule has 1 atom stereocenters. The minimum Gasteiger partial charge on any atom is -0.393 e. The number of nitrogens with zero attached hydrogens (tertiary/aromatic N) is 4. The fourth-order valence-corrected chi connectivity index (χ4v) is 4.13. The average molecular weight is 411 g/mol. The van der Waals surface area contributed by atoms with Crippen molar-refractivity contribution in [3.8, 4) is 10.7 Å². The first-order valence-corrected chi connectivity index (χ1v) is 10.2. The number of hydrogen-bond donors (Lipinski definition) is 1. The molecular weight excluding hydrogens is 390 g/mol. The van der Waals surface area contributed by atoms with Gasteiger partial charge in [-0.25, -0.2) is 0 Å². The minimum atomic E-state index is -0.426. The summed E-state index contributed by atoms with van der Waals surface area (Å²) in [6.45, 7) is 5.33. The van der Waals surface area contributed by atoms with Crippen molar-refractivity contribution in [1.29, 1.82) is 0 Å². The van der Waals surface area contributed by atoms with Crippen LogP contribution in [-0.2, 0) is 0 Å². The van der Waals surface area contributed by atoms with Gasteiger partial charge in [0.1, 0.15) is 5.69 Å². The maximum Gasteiger partial charge on any atom is 0.292 e. The molecular formula is C20H21N5O3S. The Hall–Kier alpha value is -3.04. The van der Waals surface area contributed by atoms with Gasteiger partial charge in [0.2, 0.25) is 11.7 Å². The van der Waals surface area contributed by atoms with Gasteiger partial charge in [-0.05, 0) is 54.5 Å². The smallest absolute Gasteiger partial charge is 0.292 e. The summed E-state index contributed by atoms with van der Waals surface area (Å²) in [4.78, 5) is 18.6. The first-order valence-electron chi connectivity index (χ1n) is 9.29. The Labute approximate surface area is 171 Å². The van der Waals surface area contributed by atoms with Gasteiger partial charge in [0, 0.05) is 19.2 Å². The van der Waals surface area contributed by atoms with Crippen LogP contribution in [0.25, 0.3) is 16.3 Å². The normalized spacial score (nSPS) is 15.9. The van der Waals surface area contributed by atoms with E-state index < -0.39 is 4.92 Å². The third-order valence-electron chi connectivity index (χ3n) is 5.26. The molecule has 9 heteroatoms. The van der Waals surface area contributed by atoms with Crippen LogP contribution in [-0.4, -0.2) is 33.1 Å². The molecule has 1 aromatic carbocycles. The van der Waals surface area contributed by atoms with E-state index in [1.165, 1.54) is 0 Å². The molecule has 0 amide bonds. The molecule has 3 aromatic rings. The zero-order valence-corrected chi connectivity index (χ0v) is 17.0. The molecule has 1 aliphatic heterocycles. The number of nitro benzene ring substituents is 1. The van der Waals surface area contributed by atoms with Crippen molar-refractivity contribution in [3.63, 3.8) is 0 Å². The summed E-state index contributed by atoms with van der Waals surface area (Å²) < 4.78 is 5.48. The van der Waals surface area contributed by atoms with Crippen LogP contribution in [0.1, 0.15) is 36.4 Å². The Kier molecular flexibility index (Phi) is 5.16. The number of hydrogen-bond acceptors (Lipinski definition) is 8. The van der Waals surface area contributed by atoms with E-state index in [1.54, 1.807) is 24.3 Å². The SMILES string of the molecule is Cc1cc(C2=CCN([C@H](C)c3nc(-c4cccs4)no3)CC2)cc([N+](=O)[O-])c1N. The molecule has 1 aliphatic rings. The van der Waals surface area contributed by atoms with Crippen LogP contribution in [0.3, 0.4) is 0 Å². The fraction of sp³-hybridized carbons (Fsp3) is 0.300. The third kappa shape index (κ3) is 3.79. The van der Waals surface area contributed by atoms with Gasteiger partial charge in [-0.2, -0.15) is 4.98 Å². The molecule has 3 heterocycles. The maximum absolute atomic E-state index is 11.3.